The molecule has 9 heteroatoms. The van der Waals surface area contributed by atoms with Crippen molar-refractivity contribution in [1.82, 2.24) is 20.2 Å². The summed E-state index contributed by atoms with van der Waals surface area (Å²) in [6, 6.07) is 14.0. The van der Waals surface area contributed by atoms with Gasteiger partial charge in [-0.3, -0.25) is 4.79 Å². The number of para-hydroxylation sites is 2. The number of carbonyl (C=O) groups excluding carboxylic acids is 2. The summed E-state index contributed by atoms with van der Waals surface area (Å²) in [6.07, 6.45) is 5.71. The molecule has 1 fully saturated rings. The number of halogens is 1. The molecule has 2 aromatic carbocycles. The van der Waals surface area contributed by atoms with Crippen molar-refractivity contribution in [2.24, 2.45) is 0 Å². The lowest BCUT2D eigenvalue weighted by atomic mass is 10.1. The molecular formula is C33H50ClN5O3. The highest BCUT2D eigenvalue weighted by Gasteiger charge is 2.20. The van der Waals surface area contributed by atoms with Gasteiger partial charge in [0.05, 0.1) is 16.1 Å². The van der Waals surface area contributed by atoms with E-state index in [2.05, 4.69) is 33.2 Å². The fourth-order valence-corrected chi connectivity index (χ4v) is 4.69. The van der Waals surface area contributed by atoms with Gasteiger partial charge in [-0.1, -0.05) is 70.2 Å². The summed E-state index contributed by atoms with van der Waals surface area (Å²) < 4.78 is 5.12. The summed E-state index contributed by atoms with van der Waals surface area (Å²) in [7, 11) is 0. The van der Waals surface area contributed by atoms with E-state index in [1.54, 1.807) is 6.92 Å². The fraction of sp³-hybridized carbons (Fsp3) is 0.545. The summed E-state index contributed by atoms with van der Waals surface area (Å²) in [5.74, 6) is 0.911. The number of fused-ring (bicyclic) bond motifs is 1. The maximum Gasteiger partial charge on any atom is 0.407 e. The van der Waals surface area contributed by atoms with Crippen LogP contribution >= 0.6 is 11.6 Å². The van der Waals surface area contributed by atoms with E-state index in [0.29, 0.717) is 5.02 Å². The second kappa shape index (κ2) is 17.6. The van der Waals surface area contributed by atoms with Crippen LogP contribution in [0.4, 0.5) is 10.5 Å². The molecule has 42 heavy (non-hydrogen) atoms. The molecule has 2 heterocycles. The van der Waals surface area contributed by atoms with Gasteiger partial charge in [0.15, 0.2) is 0 Å². The average molecular weight is 600 g/mol. The third-order valence-electron chi connectivity index (χ3n) is 6.63. The summed E-state index contributed by atoms with van der Waals surface area (Å²) in [4.78, 5) is 34.9. The highest BCUT2D eigenvalue weighted by molar-refractivity contribution is 6.33. The number of carbonyl (C=O) groups is 2. The van der Waals surface area contributed by atoms with Gasteiger partial charge < -0.3 is 24.8 Å². The van der Waals surface area contributed by atoms with Crippen LogP contribution < -0.4 is 10.2 Å². The lowest BCUT2D eigenvalue weighted by molar-refractivity contribution is -0.129. The number of aromatic nitrogens is 2. The van der Waals surface area contributed by atoms with Crippen molar-refractivity contribution >= 4 is 40.3 Å². The Kier molecular flexibility index (Phi) is 14.7. The Morgan fingerprint density at radius 1 is 1.00 bits per heavy atom. The zero-order chi connectivity index (χ0) is 31.1. The Labute approximate surface area is 257 Å². The molecule has 1 aromatic heterocycles. The quantitative estimate of drug-likeness (QED) is 0.256. The number of imidazole rings is 1. The molecule has 0 aliphatic carbocycles. The molecule has 2 amide bonds. The minimum atomic E-state index is -0.397. The monoisotopic (exact) mass is 599 g/mol. The highest BCUT2D eigenvalue weighted by Crippen LogP contribution is 2.32. The molecule has 3 aromatic rings. The van der Waals surface area contributed by atoms with E-state index in [0.717, 1.165) is 67.3 Å². The fourth-order valence-electron chi connectivity index (χ4n) is 4.48. The number of aromatic amines is 1. The molecule has 0 unspecified atom stereocenters. The van der Waals surface area contributed by atoms with Crippen LogP contribution in [0.15, 0.2) is 42.5 Å². The summed E-state index contributed by atoms with van der Waals surface area (Å²) >= 11 is 6.43. The van der Waals surface area contributed by atoms with Crippen molar-refractivity contribution in [3.63, 3.8) is 0 Å². The molecule has 1 saturated heterocycles. The van der Waals surface area contributed by atoms with Crippen LogP contribution in [0.5, 0.6) is 0 Å². The molecule has 232 valence electrons. The molecule has 0 bridgehead atoms. The van der Waals surface area contributed by atoms with E-state index in [-0.39, 0.29) is 12.0 Å². The molecule has 1 aliphatic rings. The van der Waals surface area contributed by atoms with Crippen LogP contribution in [-0.2, 0) is 9.53 Å². The number of rotatable bonds is 8. The van der Waals surface area contributed by atoms with Gasteiger partial charge in [0.2, 0.25) is 5.91 Å². The van der Waals surface area contributed by atoms with E-state index in [4.69, 9.17) is 16.3 Å². The molecule has 0 atom stereocenters. The molecule has 2 N–H and O–H groups in total. The Morgan fingerprint density at radius 3 is 2.29 bits per heavy atom. The van der Waals surface area contributed by atoms with Crippen molar-refractivity contribution in [2.75, 3.05) is 37.6 Å². The number of alkyl carbamates (subject to hydrolysis) is 1. The molecule has 4 rings (SSSR count). The molecule has 8 nitrogen and oxygen atoms in total. The molecular weight excluding hydrogens is 550 g/mol. The van der Waals surface area contributed by atoms with E-state index in [1.165, 1.54) is 25.7 Å². The normalized spacial score (nSPS) is 13.0. The number of benzene rings is 2. The highest BCUT2D eigenvalue weighted by atomic mass is 35.5. The van der Waals surface area contributed by atoms with Crippen molar-refractivity contribution in [3.05, 3.63) is 47.5 Å². The average Bonchev–Trinajstić information content (AvgIpc) is 3.40. The van der Waals surface area contributed by atoms with Crippen LogP contribution in [0.25, 0.3) is 22.4 Å². The minimum Gasteiger partial charge on any atom is -0.444 e. The topological polar surface area (TPSA) is 90.6 Å². The third kappa shape index (κ3) is 11.6. The SMILES string of the molecule is CC.CC(=O)N1CCN(c2ccc(Cl)c(-c3nc4ccccc4[nH]3)c2)CC1.CCCCCCCNC(=O)OC(C)(C)C. The van der Waals surface area contributed by atoms with Crippen LogP contribution in [-0.4, -0.2) is 65.2 Å². The van der Waals surface area contributed by atoms with E-state index in [1.807, 2.05) is 75.9 Å². The summed E-state index contributed by atoms with van der Waals surface area (Å²) in [6.45, 7) is 17.3. The Morgan fingerprint density at radius 2 is 1.67 bits per heavy atom. The van der Waals surface area contributed by atoms with Crippen LogP contribution in [0.2, 0.25) is 5.02 Å². The van der Waals surface area contributed by atoms with Gasteiger partial charge in [0.1, 0.15) is 11.4 Å². The second-order valence-electron chi connectivity index (χ2n) is 11.1. The predicted octanol–water partition coefficient (Wildman–Crippen LogP) is 8.06. The zero-order valence-corrected chi connectivity index (χ0v) is 27.3. The summed E-state index contributed by atoms with van der Waals surface area (Å²) in [5, 5.41) is 3.43. The first kappa shape index (κ1) is 34.9. The van der Waals surface area contributed by atoms with Gasteiger partial charge in [-0.25, -0.2) is 9.78 Å². The van der Waals surface area contributed by atoms with E-state index in [9.17, 15) is 9.59 Å². The molecule has 0 radical (unpaired) electrons. The Bertz CT molecular complexity index is 1210. The van der Waals surface area contributed by atoms with Crippen LogP contribution in [0.3, 0.4) is 0 Å². The van der Waals surface area contributed by atoms with Gasteiger partial charge in [0.25, 0.3) is 0 Å². The lowest BCUT2D eigenvalue weighted by Gasteiger charge is -2.35. The standard InChI is InChI=1S/C19H19ClN4O.C12H25NO2.C2H6/c1-13(25)23-8-10-24(11-9-23)14-6-7-16(20)15(12-14)19-21-17-4-2-3-5-18(17)22-19;1-5-6-7-8-9-10-13-11(14)15-12(2,3)4;1-2/h2-7,12H,8-11H2,1H3,(H,21,22);5-10H2,1-4H3,(H,13,14);1-2H3. The van der Waals surface area contributed by atoms with Gasteiger partial charge in [0, 0.05) is 50.9 Å². The lowest BCUT2D eigenvalue weighted by Crippen LogP contribution is -2.48. The van der Waals surface area contributed by atoms with Gasteiger partial charge >= 0.3 is 6.09 Å². The van der Waals surface area contributed by atoms with Gasteiger partial charge in [-0.15, -0.1) is 0 Å². The molecule has 1 aliphatic heterocycles. The van der Waals surface area contributed by atoms with Crippen LogP contribution in [0, 0.1) is 0 Å². The molecule has 0 saturated carbocycles. The number of unbranched alkanes of at least 4 members (excludes halogenated alkanes) is 4. The summed E-state index contributed by atoms with van der Waals surface area (Å²) in [5.41, 5.74) is 3.52. The first-order valence-corrected chi connectivity index (χ1v) is 15.7. The number of hydrogen-bond donors (Lipinski definition) is 2. The maximum absolute atomic E-state index is 11.5. The number of ether oxygens (including phenoxy) is 1. The number of nitrogens with one attached hydrogen (secondary N) is 2. The Hall–Kier alpha value is -3.26. The van der Waals surface area contributed by atoms with Crippen LogP contribution in [0.1, 0.15) is 80.6 Å². The first-order chi connectivity index (χ1) is 20.1. The minimum absolute atomic E-state index is 0.138. The van der Waals surface area contributed by atoms with E-state index >= 15 is 0 Å². The van der Waals surface area contributed by atoms with Crippen molar-refractivity contribution < 1.29 is 14.3 Å². The van der Waals surface area contributed by atoms with E-state index < -0.39 is 5.60 Å². The maximum atomic E-state index is 11.5. The van der Waals surface area contributed by atoms with Gasteiger partial charge in [-0.2, -0.15) is 0 Å². The van der Waals surface area contributed by atoms with Crippen molar-refractivity contribution in [2.45, 2.75) is 86.2 Å². The number of nitrogens with zero attached hydrogens (tertiary/aromatic N) is 3. The zero-order valence-electron chi connectivity index (χ0n) is 26.6. The van der Waals surface area contributed by atoms with Gasteiger partial charge in [-0.05, 0) is 57.5 Å². The predicted molar refractivity (Wildman–Crippen MR) is 175 cm³/mol. The number of anilines is 1. The van der Waals surface area contributed by atoms with Crippen molar-refractivity contribution in [3.8, 4) is 11.4 Å². The number of hydrogen-bond acceptors (Lipinski definition) is 5. The third-order valence-corrected chi connectivity index (χ3v) is 6.96. The second-order valence-corrected chi connectivity index (χ2v) is 11.5. The Balaban J connectivity index is 0.000000314. The smallest absolute Gasteiger partial charge is 0.407 e. The van der Waals surface area contributed by atoms with Crippen molar-refractivity contribution in [1.29, 1.82) is 0 Å². The first-order valence-electron chi connectivity index (χ1n) is 15.3. The number of H-pyrrole nitrogens is 1. The number of amides is 2. The molecule has 0 spiro atoms. The number of piperazine rings is 1. The largest absolute Gasteiger partial charge is 0.444 e.